The zero-order chi connectivity index (χ0) is 12.5. The van der Waals surface area contributed by atoms with Crippen LogP contribution in [0.1, 0.15) is 10.4 Å². The first-order valence-electron chi connectivity index (χ1n) is 4.03. The second-order valence-electron chi connectivity index (χ2n) is 2.88. The Labute approximate surface area is 94.7 Å². The molecule has 3 N–H and O–H groups in total. The highest BCUT2D eigenvalue weighted by Crippen LogP contribution is 2.22. The average Bonchev–Trinajstić information content (AvgIpc) is 2.23. The Morgan fingerprint density at radius 1 is 1.62 bits per heavy atom. The zero-order valence-electron chi connectivity index (χ0n) is 8.15. The summed E-state index contributed by atoms with van der Waals surface area (Å²) in [7, 11) is 1.19. The first kappa shape index (κ1) is 12.2. The second kappa shape index (κ2) is 4.35. The van der Waals surface area contributed by atoms with Gasteiger partial charge in [0.05, 0.1) is 10.5 Å². The third-order valence-electron chi connectivity index (χ3n) is 1.95. The highest BCUT2D eigenvalue weighted by Gasteiger charge is 2.21. The molecule has 1 heterocycles. The molecule has 0 saturated heterocycles. The predicted octanol–water partition coefficient (Wildman–Crippen LogP) is -0.520. The maximum absolute atomic E-state index is 13.3. The summed E-state index contributed by atoms with van der Waals surface area (Å²) in [6, 6.07) is 0. The van der Waals surface area contributed by atoms with E-state index in [9.17, 15) is 18.8 Å². The topological polar surface area (TPSA) is 94.2 Å². The van der Waals surface area contributed by atoms with Crippen LogP contribution in [0.4, 0.5) is 10.2 Å². The molecular weight excluding hydrogens is 237 g/mol. The van der Waals surface area contributed by atoms with Crippen LogP contribution in [0, 0.1) is 5.82 Å². The first-order valence-corrected chi connectivity index (χ1v) is 4.48. The van der Waals surface area contributed by atoms with Gasteiger partial charge in [0.15, 0.2) is 0 Å². The van der Waals surface area contributed by atoms with Gasteiger partial charge >= 0.3 is 0 Å². The first-order chi connectivity index (χ1) is 7.41. The van der Waals surface area contributed by atoms with Crippen molar-refractivity contribution in [2.45, 2.75) is 4.90 Å². The number of hydrogen-bond acceptors (Lipinski definition) is 4. The molecule has 0 saturated carbocycles. The summed E-state index contributed by atoms with van der Waals surface area (Å²) in [5, 5.41) is 2.10. The van der Waals surface area contributed by atoms with Crippen molar-refractivity contribution in [1.82, 2.24) is 4.57 Å². The maximum atomic E-state index is 13.3. The van der Waals surface area contributed by atoms with Gasteiger partial charge in [-0.05, 0) is 0 Å². The van der Waals surface area contributed by atoms with Gasteiger partial charge < -0.3 is 11.1 Å². The van der Waals surface area contributed by atoms with E-state index in [4.69, 9.17) is 5.73 Å². The molecule has 0 spiro atoms. The fourth-order valence-corrected chi connectivity index (χ4v) is 1.51. The highest BCUT2D eigenvalue weighted by atomic mass is 32.1. The molecule has 0 atom stereocenters. The summed E-state index contributed by atoms with van der Waals surface area (Å²) in [5.41, 5.74) is 3.64. The minimum atomic E-state index is -1.20. The van der Waals surface area contributed by atoms with E-state index < -0.39 is 22.2 Å². The number of aromatic nitrogens is 1. The van der Waals surface area contributed by atoms with Crippen molar-refractivity contribution in [3.8, 4) is 0 Å². The summed E-state index contributed by atoms with van der Waals surface area (Å²) in [5.74, 6) is -2.39. The van der Waals surface area contributed by atoms with E-state index in [0.717, 1.165) is 4.57 Å². The third-order valence-corrected chi connectivity index (χ3v) is 2.37. The average molecular weight is 245 g/mol. The Kier molecular flexibility index (Phi) is 3.33. The van der Waals surface area contributed by atoms with E-state index in [-0.39, 0.29) is 17.8 Å². The van der Waals surface area contributed by atoms with E-state index in [1.807, 2.05) is 0 Å². The number of thiol groups is 1. The molecular formula is C8H8FN3O3S. The lowest BCUT2D eigenvalue weighted by molar-refractivity contribution is -0.105. The van der Waals surface area contributed by atoms with E-state index in [2.05, 4.69) is 17.9 Å². The largest absolute Gasteiger partial charge is 0.365 e. The number of halogens is 1. The van der Waals surface area contributed by atoms with E-state index in [1.54, 1.807) is 0 Å². The van der Waals surface area contributed by atoms with Gasteiger partial charge in [0.2, 0.25) is 12.2 Å². The van der Waals surface area contributed by atoms with Crippen LogP contribution in [0.3, 0.4) is 0 Å². The minimum Gasteiger partial charge on any atom is -0.365 e. The summed E-state index contributed by atoms with van der Waals surface area (Å²) < 4.78 is 14.1. The van der Waals surface area contributed by atoms with Crippen molar-refractivity contribution in [3.63, 3.8) is 0 Å². The Balaban J connectivity index is 3.75. The van der Waals surface area contributed by atoms with Crippen molar-refractivity contribution < 1.29 is 14.0 Å². The fraction of sp³-hybridized carbons (Fsp3) is 0.125. The van der Waals surface area contributed by atoms with Crippen LogP contribution in [0.5, 0.6) is 0 Å². The summed E-state index contributed by atoms with van der Waals surface area (Å²) in [4.78, 5) is 32.2. The molecule has 0 aliphatic rings. The number of pyridine rings is 1. The molecule has 16 heavy (non-hydrogen) atoms. The van der Waals surface area contributed by atoms with Crippen LogP contribution < -0.4 is 16.6 Å². The lowest BCUT2D eigenvalue weighted by atomic mass is 10.2. The molecule has 8 heteroatoms. The van der Waals surface area contributed by atoms with E-state index in [0.29, 0.717) is 0 Å². The summed E-state index contributed by atoms with van der Waals surface area (Å²) in [6.07, 6.45) is 0.242. The van der Waals surface area contributed by atoms with Gasteiger partial charge in [0, 0.05) is 7.05 Å². The molecule has 2 amide bonds. The van der Waals surface area contributed by atoms with Crippen molar-refractivity contribution in [1.29, 1.82) is 0 Å². The van der Waals surface area contributed by atoms with Gasteiger partial charge in [-0.1, -0.05) is 0 Å². The van der Waals surface area contributed by atoms with Crippen LogP contribution in [-0.2, 0) is 11.8 Å². The van der Waals surface area contributed by atoms with Gasteiger partial charge in [-0.15, -0.1) is 12.6 Å². The molecule has 1 aromatic rings. The molecule has 6 nitrogen and oxygen atoms in total. The fourth-order valence-electron chi connectivity index (χ4n) is 1.20. The van der Waals surface area contributed by atoms with Gasteiger partial charge in [-0.3, -0.25) is 19.0 Å². The summed E-state index contributed by atoms with van der Waals surface area (Å²) >= 11 is 3.69. The number of nitrogens with one attached hydrogen (secondary N) is 1. The Hall–Kier alpha value is -1.83. The molecule has 0 bridgehead atoms. The molecule has 0 aromatic carbocycles. The van der Waals surface area contributed by atoms with Crippen LogP contribution in [0.2, 0.25) is 0 Å². The molecule has 1 rings (SSSR count). The number of nitrogens with zero attached hydrogens (tertiary/aromatic N) is 1. The second-order valence-corrected chi connectivity index (χ2v) is 3.32. The van der Waals surface area contributed by atoms with Crippen molar-refractivity contribution >= 4 is 30.8 Å². The maximum Gasteiger partial charge on any atom is 0.289 e. The van der Waals surface area contributed by atoms with Gasteiger partial charge in [-0.2, -0.15) is 4.39 Å². The molecule has 0 unspecified atom stereocenters. The molecule has 1 aromatic heterocycles. The third kappa shape index (κ3) is 1.78. The van der Waals surface area contributed by atoms with Gasteiger partial charge in [-0.25, -0.2) is 0 Å². The van der Waals surface area contributed by atoms with E-state index >= 15 is 0 Å². The SMILES string of the molecule is Cn1c(NC=O)c(C(N)=O)c(S)c(F)c1=O. The number of hydrogen-bond donors (Lipinski definition) is 3. The normalized spacial score (nSPS) is 9.94. The van der Waals surface area contributed by atoms with Crippen molar-refractivity contribution in [3.05, 3.63) is 21.7 Å². The minimum absolute atomic E-state index is 0.195. The van der Waals surface area contributed by atoms with Crippen molar-refractivity contribution in [2.24, 2.45) is 12.8 Å². The monoisotopic (exact) mass is 245 g/mol. The number of rotatable bonds is 3. The molecule has 0 aliphatic carbocycles. The summed E-state index contributed by atoms with van der Waals surface area (Å²) in [6.45, 7) is 0. The van der Waals surface area contributed by atoms with E-state index in [1.165, 1.54) is 7.05 Å². The smallest absolute Gasteiger partial charge is 0.289 e. The Bertz CT molecular complexity index is 526. The lowest BCUT2D eigenvalue weighted by Gasteiger charge is -2.12. The van der Waals surface area contributed by atoms with Crippen LogP contribution in [-0.4, -0.2) is 16.9 Å². The van der Waals surface area contributed by atoms with Gasteiger partial charge in [0.25, 0.3) is 11.5 Å². The highest BCUT2D eigenvalue weighted by molar-refractivity contribution is 7.80. The number of nitrogens with two attached hydrogens (primary N) is 1. The van der Waals surface area contributed by atoms with Gasteiger partial charge in [0.1, 0.15) is 5.82 Å². The van der Waals surface area contributed by atoms with Crippen LogP contribution in [0.25, 0.3) is 0 Å². The lowest BCUT2D eigenvalue weighted by Crippen LogP contribution is -2.29. The molecule has 0 radical (unpaired) electrons. The molecule has 86 valence electrons. The number of carbonyl (C=O) groups excluding carboxylic acids is 2. The number of anilines is 1. The quantitative estimate of drug-likeness (QED) is 0.494. The Morgan fingerprint density at radius 2 is 2.19 bits per heavy atom. The van der Waals surface area contributed by atoms with Crippen LogP contribution in [0.15, 0.2) is 9.69 Å². The van der Waals surface area contributed by atoms with Crippen LogP contribution >= 0.6 is 12.6 Å². The molecule has 0 fully saturated rings. The number of amides is 2. The van der Waals surface area contributed by atoms with Crippen molar-refractivity contribution in [2.75, 3.05) is 5.32 Å². The molecule has 0 aliphatic heterocycles. The number of primary amides is 1. The standard InChI is InChI=1S/C8H8FN3O3S/c1-12-7(11-2-13)3(6(10)14)5(16)4(9)8(12)15/h2,16H,1H3,(H2,10,14)(H,11,13). The zero-order valence-corrected chi connectivity index (χ0v) is 9.05. The number of carbonyl (C=O) groups is 2. The Morgan fingerprint density at radius 3 is 2.62 bits per heavy atom. The predicted molar refractivity (Wildman–Crippen MR) is 57.1 cm³/mol.